The molecule has 1 heterocycles. The average molecular weight is 513 g/mol. The summed E-state index contributed by atoms with van der Waals surface area (Å²) in [6.45, 7) is 4.09. The Kier molecular flexibility index (Phi) is 8.54. The molecule has 0 saturated carbocycles. The number of pyridine rings is 1. The van der Waals surface area contributed by atoms with Gasteiger partial charge in [0.15, 0.2) is 11.4 Å². The normalized spacial score (nSPS) is 12.5. The van der Waals surface area contributed by atoms with E-state index >= 15 is 0 Å². The number of amides is 1. The SMILES string of the molecule is COc1ccnc(C(=O)N([C@@H](C)C(=O)O)[C@@H](C)C(c2ccc(F)cc2)c2ccc(F)cc2)c1OC(C)=O. The van der Waals surface area contributed by atoms with Crippen molar-refractivity contribution in [2.24, 2.45) is 0 Å². The van der Waals surface area contributed by atoms with Crippen LogP contribution < -0.4 is 9.47 Å². The van der Waals surface area contributed by atoms with Crippen molar-refractivity contribution in [1.82, 2.24) is 9.88 Å². The van der Waals surface area contributed by atoms with Crippen molar-refractivity contribution in [3.05, 3.63) is 89.2 Å². The second-order valence-electron chi connectivity index (χ2n) is 8.33. The Labute approximate surface area is 212 Å². The van der Waals surface area contributed by atoms with Gasteiger partial charge in [-0.2, -0.15) is 0 Å². The zero-order valence-electron chi connectivity index (χ0n) is 20.6. The van der Waals surface area contributed by atoms with E-state index in [0.29, 0.717) is 11.1 Å². The predicted octanol–water partition coefficient (Wildman–Crippen LogP) is 4.43. The van der Waals surface area contributed by atoms with Crippen LogP contribution in [0.1, 0.15) is 48.3 Å². The quantitative estimate of drug-likeness (QED) is 0.423. The number of hydrogen-bond acceptors (Lipinski definition) is 6. The van der Waals surface area contributed by atoms with Crippen LogP contribution in [0.5, 0.6) is 11.5 Å². The van der Waals surface area contributed by atoms with Crippen molar-refractivity contribution >= 4 is 17.8 Å². The summed E-state index contributed by atoms with van der Waals surface area (Å²) in [6.07, 6.45) is 1.27. The van der Waals surface area contributed by atoms with E-state index in [4.69, 9.17) is 9.47 Å². The fourth-order valence-electron chi connectivity index (χ4n) is 4.19. The van der Waals surface area contributed by atoms with Gasteiger partial charge in [-0.1, -0.05) is 24.3 Å². The maximum atomic E-state index is 13.9. The summed E-state index contributed by atoms with van der Waals surface area (Å²) in [6, 6.07) is 10.2. The number of carbonyl (C=O) groups excluding carboxylic acids is 2. The smallest absolute Gasteiger partial charge is 0.326 e. The Bertz CT molecular complexity index is 1240. The number of nitrogens with zero attached hydrogens (tertiary/aromatic N) is 2. The molecule has 0 fully saturated rings. The monoisotopic (exact) mass is 512 g/mol. The van der Waals surface area contributed by atoms with Gasteiger partial charge in [0.1, 0.15) is 17.7 Å². The third-order valence-electron chi connectivity index (χ3n) is 5.93. The lowest BCUT2D eigenvalue weighted by Gasteiger charge is -2.38. The molecular formula is C27H26F2N2O6. The van der Waals surface area contributed by atoms with Crippen LogP contribution in [0.4, 0.5) is 8.78 Å². The number of aliphatic carboxylic acids is 1. The van der Waals surface area contributed by atoms with E-state index in [1.807, 2.05) is 0 Å². The molecule has 0 saturated heterocycles. The largest absolute Gasteiger partial charge is 0.493 e. The molecule has 8 nitrogen and oxygen atoms in total. The molecule has 37 heavy (non-hydrogen) atoms. The average Bonchev–Trinajstić information content (AvgIpc) is 2.86. The Morgan fingerprint density at radius 1 is 0.919 bits per heavy atom. The van der Waals surface area contributed by atoms with Gasteiger partial charge in [-0.15, -0.1) is 0 Å². The molecule has 2 atom stereocenters. The molecule has 0 unspecified atom stereocenters. The summed E-state index contributed by atoms with van der Waals surface area (Å²) in [5.41, 5.74) is 0.802. The second-order valence-corrected chi connectivity index (χ2v) is 8.33. The highest BCUT2D eigenvalue weighted by Crippen LogP contribution is 2.36. The standard InChI is InChI=1S/C27H26F2N2O6/c1-15(23(18-5-9-20(28)10-6-18)19-7-11-21(29)12-8-19)31(16(2)27(34)35)26(33)24-25(37-17(3)32)22(36-4)13-14-30-24/h5-16,23H,1-4H3,(H,34,35)/t15-,16-/m0/s1. The zero-order chi connectivity index (χ0) is 27.3. The van der Waals surface area contributed by atoms with Crippen molar-refractivity contribution < 1.29 is 37.7 Å². The van der Waals surface area contributed by atoms with Gasteiger partial charge in [0.25, 0.3) is 5.91 Å². The third-order valence-corrected chi connectivity index (χ3v) is 5.93. The van der Waals surface area contributed by atoms with Crippen LogP contribution >= 0.6 is 0 Å². The maximum Gasteiger partial charge on any atom is 0.326 e. The molecule has 0 spiro atoms. The maximum absolute atomic E-state index is 13.9. The molecule has 1 amide bonds. The summed E-state index contributed by atoms with van der Waals surface area (Å²) >= 11 is 0. The Balaban J connectivity index is 2.19. The molecule has 194 valence electrons. The number of carboxylic acid groups (broad SMARTS) is 1. The van der Waals surface area contributed by atoms with E-state index in [1.165, 1.54) is 74.8 Å². The van der Waals surface area contributed by atoms with E-state index in [1.54, 1.807) is 6.92 Å². The number of ether oxygens (including phenoxy) is 2. The van der Waals surface area contributed by atoms with E-state index in [-0.39, 0.29) is 17.2 Å². The fourth-order valence-corrected chi connectivity index (χ4v) is 4.19. The number of aromatic nitrogens is 1. The summed E-state index contributed by atoms with van der Waals surface area (Å²) < 4.78 is 37.9. The predicted molar refractivity (Wildman–Crippen MR) is 129 cm³/mol. The number of benzene rings is 2. The number of methoxy groups -OCH3 is 1. The fraction of sp³-hybridized carbons (Fsp3) is 0.259. The van der Waals surface area contributed by atoms with Crippen LogP contribution in [0.3, 0.4) is 0 Å². The highest BCUT2D eigenvalue weighted by atomic mass is 19.1. The van der Waals surface area contributed by atoms with Crippen molar-refractivity contribution in [2.45, 2.75) is 38.8 Å². The molecule has 3 aromatic rings. The van der Waals surface area contributed by atoms with Crippen molar-refractivity contribution in [1.29, 1.82) is 0 Å². The van der Waals surface area contributed by atoms with Crippen LogP contribution in [0, 0.1) is 11.6 Å². The number of carbonyl (C=O) groups is 3. The van der Waals surface area contributed by atoms with Gasteiger partial charge in [-0.3, -0.25) is 9.59 Å². The molecule has 0 radical (unpaired) electrons. The minimum absolute atomic E-state index is 0.0535. The van der Waals surface area contributed by atoms with Crippen LogP contribution in [-0.4, -0.2) is 52.0 Å². The molecule has 10 heteroatoms. The lowest BCUT2D eigenvalue weighted by molar-refractivity contribution is -0.142. The molecule has 0 aliphatic heterocycles. The van der Waals surface area contributed by atoms with E-state index in [9.17, 15) is 28.3 Å². The molecule has 2 aromatic carbocycles. The lowest BCUT2D eigenvalue weighted by atomic mass is 9.84. The summed E-state index contributed by atoms with van der Waals surface area (Å²) in [5.74, 6) is -4.71. The lowest BCUT2D eigenvalue weighted by Crippen LogP contribution is -2.51. The van der Waals surface area contributed by atoms with Gasteiger partial charge in [-0.05, 0) is 49.2 Å². The van der Waals surface area contributed by atoms with Crippen LogP contribution in [-0.2, 0) is 9.59 Å². The van der Waals surface area contributed by atoms with Gasteiger partial charge in [0.2, 0.25) is 5.75 Å². The van der Waals surface area contributed by atoms with Crippen molar-refractivity contribution in [3.8, 4) is 11.5 Å². The molecular weight excluding hydrogens is 486 g/mol. The third kappa shape index (κ3) is 6.08. The number of hydrogen-bond donors (Lipinski definition) is 1. The van der Waals surface area contributed by atoms with Gasteiger partial charge in [0, 0.05) is 31.1 Å². The second kappa shape index (κ2) is 11.6. The minimum Gasteiger partial charge on any atom is -0.493 e. The molecule has 3 rings (SSSR count). The van der Waals surface area contributed by atoms with Crippen LogP contribution in [0.25, 0.3) is 0 Å². The van der Waals surface area contributed by atoms with Gasteiger partial charge in [-0.25, -0.2) is 18.6 Å². The summed E-state index contributed by atoms with van der Waals surface area (Å²) in [5, 5.41) is 9.88. The summed E-state index contributed by atoms with van der Waals surface area (Å²) in [7, 11) is 1.32. The van der Waals surface area contributed by atoms with Crippen molar-refractivity contribution in [2.75, 3.05) is 7.11 Å². The minimum atomic E-state index is -1.36. The molecule has 0 bridgehead atoms. The molecule has 0 aliphatic rings. The van der Waals surface area contributed by atoms with Crippen LogP contribution in [0.2, 0.25) is 0 Å². The Hall–Kier alpha value is -4.34. The van der Waals surface area contributed by atoms with Crippen LogP contribution in [0.15, 0.2) is 60.8 Å². The first kappa shape index (κ1) is 27.3. The molecule has 0 aliphatic carbocycles. The molecule has 1 N–H and O–H groups in total. The highest BCUT2D eigenvalue weighted by Gasteiger charge is 2.38. The van der Waals surface area contributed by atoms with E-state index < -0.39 is 47.5 Å². The van der Waals surface area contributed by atoms with E-state index in [0.717, 1.165) is 11.8 Å². The number of esters is 1. The first-order valence-electron chi connectivity index (χ1n) is 11.3. The first-order valence-corrected chi connectivity index (χ1v) is 11.3. The highest BCUT2D eigenvalue weighted by molar-refractivity contribution is 5.98. The Morgan fingerprint density at radius 3 is 1.86 bits per heavy atom. The Morgan fingerprint density at radius 2 is 1.43 bits per heavy atom. The first-order chi connectivity index (χ1) is 17.5. The summed E-state index contributed by atoms with van der Waals surface area (Å²) in [4.78, 5) is 43.0. The topological polar surface area (TPSA) is 106 Å². The van der Waals surface area contributed by atoms with Gasteiger partial charge < -0.3 is 19.5 Å². The molecule has 1 aromatic heterocycles. The number of carboxylic acids is 1. The van der Waals surface area contributed by atoms with Gasteiger partial charge in [0.05, 0.1) is 7.11 Å². The zero-order valence-corrected chi connectivity index (χ0v) is 20.6. The van der Waals surface area contributed by atoms with Gasteiger partial charge >= 0.3 is 11.9 Å². The van der Waals surface area contributed by atoms with E-state index in [2.05, 4.69) is 4.98 Å². The van der Waals surface area contributed by atoms with Crippen molar-refractivity contribution in [3.63, 3.8) is 0 Å². The number of rotatable bonds is 9. The number of halogens is 2.